The van der Waals surface area contributed by atoms with Gasteiger partial charge in [0.15, 0.2) is 17.8 Å². The van der Waals surface area contributed by atoms with E-state index in [1.165, 1.54) is 0 Å². The lowest BCUT2D eigenvalue weighted by molar-refractivity contribution is -0.109. The van der Waals surface area contributed by atoms with Crippen molar-refractivity contribution in [3.8, 4) is 11.5 Å². The summed E-state index contributed by atoms with van der Waals surface area (Å²) >= 11 is 0. The first-order valence-corrected chi connectivity index (χ1v) is 4.66. The molecule has 0 radical (unpaired) electrons. The summed E-state index contributed by atoms with van der Waals surface area (Å²) < 4.78 is 10.6. The van der Waals surface area contributed by atoms with Crippen molar-refractivity contribution < 1.29 is 14.3 Å². The molecule has 1 aromatic carbocycles. The van der Waals surface area contributed by atoms with Gasteiger partial charge in [-0.1, -0.05) is 19.1 Å². The number of aldehydes is 1. The molecule has 0 heterocycles. The number of para-hydroxylation sites is 2. The fraction of sp³-hybridized carbons (Fsp3) is 0.364. The van der Waals surface area contributed by atoms with Crippen molar-refractivity contribution in [2.45, 2.75) is 13.3 Å². The third-order valence-electron chi connectivity index (χ3n) is 1.62. The number of ether oxygens (including phenoxy) is 2. The zero-order valence-corrected chi connectivity index (χ0v) is 8.23. The van der Waals surface area contributed by atoms with Gasteiger partial charge in [-0.2, -0.15) is 0 Å². The Bertz CT molecular complexity index is 284. The largest absolute Gasteiger partial charge is 0.490 e. The predicted molar refractivity (Wildman–Crippen MR) is 53.8 cm³/mol. The SMILES string of the molecule is CCCOc1ccccc1OCC=O. The third kappa shape index (κ3) is 3.09. The van der Waals surface area contributed by atoms with Crippen LogP contribution in [0, 0.1) is 0 Å². The second kappa shape index (κ2) is 6.02. The molecule has 3 nitrogen and oxygen atoms in total. The summed E-state index contributed by atoms with van der Waals surface area (Å²) in [7, 11) is 0. The Morgan fingerprint density at radius 1 is 1.21 bits per heavy atom. The van der Waals surface area contributed by atoms with Gasteiger partial charge in [0.25, 0.3) is 0 Å². The minimum atomic E-state index is 0.0620. The molecule has 0 aliphatic heterocycles. The van der Waals surface area contributed by atoms with E-state index < -0.39 is 0 Å². The molecule has 1 aromatic rings. The second-order valence-corrected chi connectivity index (χ2v) is 2.77. The van der Waals surface area contributed by atoms with Gasteiger partial charge in [-0.05, 0) is 18.6 Å². The van der Waals surface area contributed by atoms with Crippen LogP contribution in [0.25, 0.3) is 0 Å². The quantitative estimate of drug-likeness (QED) is 0.650. The molecular formula is C11H14O3. The average Bonchev–Trinajstić information content (AvgIpc) is 2.24. The Morgan fingerprint density at radius 3 is 2.43 bits per heavy atom. The predicted octanol–water partition coefficient (Wildman–Crippen LogP) is 2.05. The number of benzene rings is 1. The van der Waals surface area contributed by atoms with Crippen LogP contribution in [0.1, 0.15) is 13.3 Å². The van der Waals surface area contributed by atoms with Gasteiger partial charge in [0.05, 0.1) is 6.61 Å². The molecular weight excluding hydrogens is 180 g/mol. The molecule has 3 heteroatoms. The fourth-order valence-electron chi connectivity index (χ4n) is 1.02. The van der Waals surface area contributed by atoms with Crippen LogP contribution in [0.2, 0.25) is 0 Å². The van der Waals surface area contributed by atoms with Crippen LogP contribution in [0.3, 0.4) is 0 Å². The van der Waals surface area contributed by atoms with Gasteiger partial charge in [-0.25, -0.2) is 0 Å². The highest BCUT2D eigenvalue weighted by molar-refractivity contribution is 5.52. The van der Waals surface area contributed by atoms with Crippen molar-refractivity contribution >= 4 is 6.29 Å². The van der Waals surface area contributed by atoms with E-state index in [4.69, 9.17) is 9.47 Å². The van der Waals surface area contributed by atoms with Crippen LogP contribution in [0.15, 0.2) is 24.3 Å². The van der Waals surface area contributed by atoms with E-state index in [1.807, 2.05) is 25.1 Å². The summed E-state index contributed by atoms with van der Waals surface area (Å²) in [6.45, 7) is 2.75. The number of carbonyl (C=O) groups is 1. The van der Waals surface area contributed by atoms with Gasteiger partial charge in [0, 0.05) is 0 Å². The number of rotatable bonds is 6. The second-order valence-electron chi connectivity index (χ2n) is 2.77. The van der Waals surface area contributed by atoms with Crippen LogP contribution >= 0.6 is 0 Å². The molecule has 0 bridgehead atoms. The number of hydrogen-bond donors (Lipinski definition) is 0. The molecule has 0 atom stereocenters. The highest BCUT2D eigenvalue weighted by Gasteiger charge is 2.02. The first kappa shape index (κ1) is 10.6. The summed E-state index contributed by atoms with van der Waals surface area (Å²) in [5.41, 5.74) is 0. The smallest absolute Gasteiger partial charge is 0.161 e. The van der Waals surface area contributed by atoms with E-state index in [9.17, 15) is 4.79 Å². The Labute approximate surface area is 83.6 Å². The molecule has 0 spiro atoms. The lowest BCUT2D eigenvalue weighted by Crippen LogP contribution is -2.01. The summed E-state index contributed by atoms with van der Waals surface area (Å²) in [5.74, 6) is 1.31. The molecule has 0 N–H and O–H groups in total. The lowest BCUT2D eigenvalue weighted by atomic mass is 10.3. The standard InChI is InChI=1S/C11H14O3/c1-2-8-13-10-5-3-4-6-11(10)14-9-7-12/h3-7H,2,8-9H2,1H3. The van der Waals surface area contributed by atoms with Gasteiger partial charge < -0.3 is 9.47 Å². The maximum absolute atomic E-state index is 10.1. The maximum atomic E-state index is 10.1. The van der Waals surface area contributed by atoms with E-state index >= 15 is 0 Å². The van der Waals surface area contributed by atoms with Crippen LogP contribution in [0.5, 0.6) is 11.5 Å². The molecule has 14 heavy (non-hydrogen) atoms. The molecule has 0 saturated carbocycles. The van der Waals surface area contributed by atoms with Crippen molar-refractivity contribution in [3.63, 3.8) is 0 Å². The van der Waals surface area contributed by atoms with E-state index in [-0.39, 0.29) is 6.61 Å². The molecule has 0 amide bonds. The molecule has 0 saturated heterocycles. The molecule has 76 valence electrons. The van der Waals surface area contributed by atoms with Crippen molar-refractivity contribution in [2.75, 3.05) is 13.2 Å². The average molecular weight is 194 g/mol. The zero-order valence-electron chi connectivity index (χ0n) is 8.23. The van der Waals surface area contributed by atoms with Crippen molar-refractivity contribution in [3.05, 3.63) is 24.3 Å². The van der Waals surface area contributed by atoms with Crippen molar-refractivity contribution in [2.24, 2.45) is 0 Å². The third-order valence-corrected chi connectivity index (χ3v) is 1.62. The summed E-state index contributed by atoms with van der Waals surface area (Å²) in [5, 5.41) is 0. The van der Waals surface area contributed by atoms with E-state index in [1.54, 1.807) is 6.07 Å². The lowest BCUT2D eigenvalue weighted by Gasteiger charge is -2.09. The molecule has 0 fully saturated rings. The molecule has 0 aliphatic carbocycles. The fourth-order valence-corrected chi connectivity index (χ4v) is 1.02. The van der Waals surface area contributed by atoms with Gasteiger partial charge in [-0.3, -0.25) is 4.79 Å². The summed E-state index contributed by atoms with van der Waals surface area (Å²) in [4.78, 5) is 10.1. The number of hydrogen-bond acceptors (Lipinski definition) is 3. The Balaban J connectivity index is 2.64. The maximum Gasteiger partial charge on any atom is 0.161 e. The molecule has 0 unspecified atom stereocenters. The number of carbonyl (C=O) groups excluding carboxylic acids is 1. The monoisotopic (exact) mass is 194 g/mol. The van der Waals surface area contributed by atoms with Gasteiger partial charge in [0.1, 0.15) is 6.61 Å². The van der Waals surface area contributed by atoms with Gasteiger partial charge >= 0.3 is 0 Å². The van der Waals surface area contributed by atoms with Gasteiger partial charge in [-0.15, -0.1) is 0 Å². The highest BCUT2D eigenvalue weighted by Crippen LogP contribution is 2.26. The molecule has 0 aliphatic rings. The Morgan fingerprint density at radius 2 is 1.86 bits per heavy atom. The highest BCUT2D eigenvalue weighted by atomic mass is 16.5. The van der Waals surface area contributed by atoms with Crippen LogP contribution < -0.4 is 9.47 Å². The summed E-state index contributed by atoms with van der Waals surface area (Å²) in [6.07, 6.45) is 1.67. The van der Waals surface area contributed by atoms with Crippen LogP contribution in [-0.4, -0.2) is 19.5 Å². The Hall–Kier alpha value is -1.51. The van der Waals surface area contributed by atoms with Crippen LogP contribution in [0.4, 0.5) is 0 Å². The van der Waals surface area contributed by atoms with Crippen molar-refractivity contribution in [1.29, 1.82) is 0 Å². The van der Waals surface area contributed by atoms with Crippen LogP contribution in [-0.2, 0) is 4.79 Å². The minimum Gasteiger partial charge on any atom is -0.490 e. The molecule has 0 aromatic heterocycles. The van der Waals surface area contributed by atoms with E-state index in [0.717, 1.165) is 12.7 Å². The van der Waals surface area contributed by atoms with Crippen molar-refractivity contribution in [1.82, 2.24) is 0 Å². The van der Waals surface area contributed by atoms with E-state index in [2.05, 4.69) is 0 Å². The Kier molecular flexibility index (Phi) is 4.55. The topological polar surface area (TPSA) is 35.5 Å². The first-order valence-electron chi connectivity index (χ1n) is 4.66. The normalized spacial score (nSPS) is 9.50. The molecule has 1 rings (SSSR count). The first-order chi connectivity index (χ1) is 6.88. The van der Waals surface area contributed by atoms with Gasteiger partial charge in [0.2, 0.25) is 0 Å². The minimum absolute atomic E-state index is 0.0620. The summed E-state index contributed by atoms with van der Waals surface area (Å²) in [6, 6.07) is 7.34. The van der Waals surface area contributed by atoms with E-state index in [0.29, 0.717) is 18.1 Å². The zero-order chi connectivity index (χ0) is 10.2.